The first-order chi connectivity index (χ1) is 12.0. The summed E-state index contributed by atoms with van der Waals surface area (Å²) in [5.74, 6) is 0.780. The zero-order chi connectivity index (χ0) is 17.4. The van der Waals surface area contributed by atoms with Crippen molar-refractivity contribution in [1.29, 1.82) is 0 Å². The van der Waals surface area contributed by atoms with Crippen LogP contribution in [-0.4, -0.2) is 26.0 Å². The monoisotopic (exact) mass is 346 g/mol. The average molecular weight is 346 g/mol. The van der Waals surface area contributed by atoms with Crippen molar-refractivity contribution in [2.75, 3.05) is 10.6 Å². The molecule has 2 N–H and O–H groups in total. The highest BCUT2D eigenvalue weighted by Crippen LogP contribution is 2.32. The van der Waals surface area contributed by atoms with Gasteiger partial charge in [-0.3, -0.25) is 0 Å². The van der Waals surface area contributed by atoms with Gasteiger partial charge in [0.1, 0.15) is 17.4 Å². The molecular weight excluding hydrogens is 333 g/mol. The van der Waals surface area contributed by atoms with Crippen LogP contribution in [0.25, 0.3) is 11.0 Å². The molecule has 4 rings (SSSR count). The van der Waals surface area contributed by atoms with Crippen LogP contribution in [0.5, 0.6) is 0 Å². The maximum absolute atomic E-state index is 12.9. The van der Waals surface area contributed by atoms with E-state index >= 15 is 0 Å². The van der Waals surface area contributed by atoms with Crippen LogP contribution in [0.1, 0.15) is 18.4 Å². The van der Waals surface area contributed by atoms with Gasteiger partial charge in [0.2, 0.25) is 5.95 Å². The van der Waals surface area contributed by atoms with Gasteiger partial charge in [-0.05, 0) is 31.0 Å². The van der Waals surface area contributed by atoms with Crippen LogP contribution in [0.3, 0.4) is 0 Å². The first-order valence-electron chi connectivity index (χ1n) is 7.67. The molecule has 0 radical (unpaired) electrons. The van der Waals surface area contributed by atoms with Crippen LogP contribution < -0.4 is 10.6 Å². The molecule has 1 aromatic carbocycles. The third-order valence-electron chi connectivity index (χ3n) is 3.74. The number of anilines is 3. The molecule has 0 unspecified atom stereocenters. The van der Waals surface area contributed by atoms with Crippen molar-refractivity contribution in [1.82, 2.24) is 19.9 Å². The summed E-state index contributed by atoms with van der Waals surface area (Å²) >= 11 is 0. The molecule has 0 saturated heterocycles. The lowest BCUT2D eigenvalue weighted by Gasteiger charge is -2.11. The molecular formula is C16H13F3N6. The molecule has 0 bridgehead atoms. The molecule has 0 spiro atoms. The van der Waals surface area contributed by atoms with Gasteiger partial charge >= 0.3 is 6.18 Å². The van der Waals surface area contributed by atoms with Crippen LogP contribution in [0.4, 0.5) is 30.6 Å². The Balaban J connectivity index is 1.68. The molecule has 128 valence electrons. The Bertz CT molecular complexity index is 923. The number of nitrogens with one attached hydrogen (secondary N) is 2. The number of alkyl halides is 3. The Kier molecular flexibility index (Phi) is 3.63. The summed E-state index contributed by atoms with van der Waals surface area (Å²) in [6.07, 6.45) is 0.612. The van der Waals surface area contributed by atoms with Crippen LogP contribution in [0.15, 0.2) is 36.8 Å². The number of nitrogens with zero attached hydrogens (tertiary/aromatic N) is 4. The Labute approximate surface area is 140 Å². The number of halogens is 3. The Morgan fingerprint density at radius 3 is 2.68 bits per heavy atom. The maximum atomic E-state index is 12.9. The number of fused-ring (bicyclic) bond motifs is 1. The van der Waals surface area contributed by atoms with Crippen LogP contribution in [0.2, 0.25) is 0 Å². The van der Waals surface area contributed by atoms with Crippen LogP contribution >= 0.6 is 0 Å². The molecule has 2 aromatic heterocycles. The van der Waals surface area contributed by atoms with Crippen molar-refractivity contribution in [2.45, 2.75) is 25.1 Å². The van der Waals surface area contributed by atoms with E-state index in [1.165, 1.54) is 18.5 Å². The van der Waals surface area contributed by atoms with E-state index in [0.29, 0.717) is 28.8 Å². The number of hydrogen-bond donors (Lipinski definition) is 2. The predicted molar refractivity (Wildman–Crippen MR) is 86.5 cm³/mol. The normalized spacial score (nSPS) is 14.5. The van der Waals surface area contributed by atoms with Crippen molar-refractivity contribution < 1.29 is 13.2 Å². The fraction of sp³-hybridized carbons (Fsp3) is 0.250. The Hall–Kier alpha value is -2.97. The zero-order valence-electron chi connectivity index (χ0n) is 12.9. The average Bonchev–Trinajstić information content (AvgIpc) is 3.39. The molecule has 6 nitrogen and oxygen atoms in total. The van der Waals surface area contributed by atoms with Gasteiger partial charge in [-0.2, -0.15) is 13.2 Å². The van der Waals surface area contributed by atoms with Gasteiger partial charge < -0.3 is 10.6 Å². The van der Waals surface area contributed by atoms with Crippen LogP contribution in [-0.2, 0) is 6.18 Å². The van der Waals surface area contributed by atoms with Gasteiger partial charge in [0.15, 0.2) is 5.82 Å². The summed E-state index contributed by atoms with van der Waals surface area (Å²) < 4.78 is 38.6. The van der Waals surface area contributed by atoms with E-state index in [1.54, 1.807) is 6.20 Å². The van der Waals surface area contributed by atoms with Crippen molar-refractivity contribution >= 4 is 28.5 Å². The van der Waals surface area contributed by atoms with Crippen LogP contribution in [0, 0.1) is 0 Å². The largest absolute Gasteiger partial charge is 0.416 e. The molecule has 1 fully saturated rings. The molecule has 0 atom stereocenters. The van der Waals surface area contributed by atoms with Gasteiger partial charge in [0.25, 0.3) is 0 Å². The second-order valence-corrected chi connectivity index (χ2v) is 5.77. The molecule has 2 heterocycles. The molecule has 0 aliphatic heterocycles. The van der Waals surface area contributed by atoms with Gasteiger partial charge in [0.05, 0.1) is 11.8 Å². The topological polar surface area (TPSA) is 75.6 Å². The highest BCUT2D eigenvalue weighted by atomic mass is 19.4. The summed E-state index contributed by atoms with van der Waals surface area (Å²) in [4.78, 5) is 16.8. The lowest BCUT2D eigenvalue weighted by molar-refractivity contribution is -0.137. The van der Waals surface area contributed by atoms with Gasteiger partial charge in [0, 0.05) is 11.7 Å². The fourth-order valence-electron chi connectivity index (χ4n) is 2.34. The highest BCUT2D eigenvalue weighted by molar-refractivity contribution is 5.87. The molecule has 1 aliphatic carbocycles. The van der Waals surface area contributed by atoms with E-state index in [9.17, 15) is 13.2 Å². The summed E-state index contributed by atoms with van der Waals surface area (Å²) in [5, 5.41) is 6.06. The smallest absolute Gasteiger partial charge is 0.351 e. The van der Waals surface area contributed by atoms with E-state index < -0.39 is 11.7 Å². The second kappa shape index (κ2) is 5.83. The Morgan fingerprint density at radius 2 is 1.92 bits per heavy atom. The first kappa shape index (κ1) is 15.6. The van der Waals surface area contributed by atoms with Crippen molar-refractivity contribution in [2.24, 2.45) is 0 Å². The maximum Gasteiger partial charge on any atom is 0.416 e. The lowest BCUT2D eigenvalue weighted by atomic mass is 10.2. The molecule has 1 aliphatic rings. The van der Waals surface area contributed by atoms with E-state index in [4.69, 9.17) is 0 Å². The van der Waals surface area contributed by atoms with E-state index in [2.05, 4.69) is 30.6 Å². The van der Waals surface area contributed by atoms with Crippen molar-refractivity contribution in [3.63, 3.8) is 0 Å². The SMILES string of the molecule is FC(F)(F)c1cccc(Nc2ncnc3cnc(NC4CC4)nc23)c1. The highest BCUT2D eigenvalue weighted by Gasteiger charge is 2.30. The minimum Gasteiger partial charge on any atom is -0.351 e. The van der Waals surface area contributed by atoms with E-state index in [-0.39, 0.29) is 5.69 Å². The minimum absolute atomic E-state index is 0.269. The molecule has 9 heteroatoms. The number of hydrogen-bond acceptors (Lipinski definition) is 6. The third-order valence-corrected chi connectivity index (χ3v) is 3.74. The van der Waals surface area contributed by atoms with E-state index in [0.717, 1.165) is 25.0 Å². The predicted octanol–water partition coefficient (Wildman–Crippen LogP) is 3.76. The summed E-state index contributed by atoms with van der Waals surface area (Å²) in [5.41, 5.74) is 0.482. The molecule has 25 heavy (non-hydrogen) atoms. The van der Waals surface area contributed by atoms with Crippen molar-refractivity contribution in [3.8, 4) is 0 Å². The summed E-state index contributed by atoms with van der Waals surface area (Å²) in [7, 11) is 0. The molecule has 1 saturated carbocycles. The Morgan fingerprint density at radius 1 is 1.08 bits per heavy atom. The summed E-state index contributed by atoms with van der Waals surface area (Å²) in [6.45, 7) is 0. The zero-order valence-corrected chi connectivity index (χ0v) is 12.9. The first-order valence-corrected chi connectivity index (χ1v) is 7.67. The number of aromatic nitrogens is 4. The molecule has 3 aromatic rings. The third kappa shape index (κ3) is 3.44. The lowest BCUT2D eigenvalue weighted by Crippen LogP contribution is -2.07. The minimum atomic E-state index is -4.41. The summed E-state index contributed by atoms with van der Waals surface area (Å²) in [6, 6.07) is 5.29. The van der Waals surface area contributed by atoms with Gasteiger partial charge in [-0.25, -0.2) is 19.9 Å². The molecule has 0 amide bonds. The number of rotatable bonds is 4. The quantitative estimate of drug-likeness (QED) is 0.749. The number of benzene rings is 1. The second-order valence-electron chi connectivity index (χ2n) is 5.77. The fourth-order valence-corrected chi connectivity index (χ4v) is 2.34. The standard InChI is InChI=1S/C16H13F3N6/c17-16(18,19)9-2-1-3-11(6-9)23-14-13-12(21-8-22-14)7-20-15(25-13)24-10-4-5-10/h1-3,6-8,10H,4-5H2,(H,20,24,25)(H,21,22,23). The van der Waals surface area contributed by atoms with Gasteiger partial charge in [-0.1, -0.05) is 6.07 Å². The van der Waals surface area contributed by atoms with Crippen molar-refractivity contribution in [3.05, 3.63) is 42.4 Å². The van der Waals surface area contributed by atoms with Gasteiger partial charge in [-0.15, -0.1) is 0 Å². The van der Waals surface area contributed by atoms with E-state index in [1.807, 2.05) is 0 Å².